The Labute approximate surface area is 118 Å². The summed E-state index contributed by atoms with van der Waals surface area (Å²) in [6, 6.07) is -1.96. The van der Waals surface area contributed by atoms with Crippen LogP contribution >= 0.6 is 0 Å². The summed E-state index contributed by atoms with van der Waals surface area (Å²) in [5.41, 5.74) is 0. The van der Waals surface area contributed by atoms with Crippen LogP contribution in [0.5, 0.6) is 0 Å². The van der Waals surface area contributed by atoms with Gasteiger partial charge in [0.1, 0.15) is 5.82 Å². The fraction of sp³-hybridized carbons (Fsp3) is 0.750. The van der Waals surface area contributed by atoms with Gasteiger partial charge in [0.25, 0.3) is 0 Å². The molecule has 9 heteroatoms. The fourth-order valence-electron chi connectivity index (χ4n) is 2.17. The summed E-state index contributed by atoms with van der Waals surface area (Å²) in [4.78, 5) is 3.70. The van der Waals surface area contributed by atoms with Gasteiger partial charge in [-0.2, -0.15) is 26.3 Å². The molecule has 1 unspecified atom stereocenters. The second-order valence-corrected chi connectivity index (χ2v) is 4.58. The van der Waals surface area contributed by atoms with E-state index in [1.54, 1.807) is 6.92 Å². The number of rotatable bonds is 6. The molecule has 1 N–H and O–H groups in total. The van der Waals surface area contributed by atoms with Gasteiger partial charge < -0.3 is 9.88 Å². The maximum Gasteiger partial charge on any atom is 0.402 e. The van der Waals surface area contributed by atoms with Crippen LogP contribution in [0.2, 0.25) is 0 Å². The van der Waals surface area contributed by atoms with Crippen molar-refractivity contribution < 1.29 is 26.3 Å². The van der Waals surface area contributed by atoms with Gasteiger partial charge in [-0.25, -0.2) is 4.98 Å². The van der Waals surface area contributed by atoms with Crippen molar-refractivity contribution >= 4 is 0 Å². The Bertz CT molecular complexity index is 423. The van der Waals surface area contributed by atoms with E-state index in [2.05, 4.69) is 10.3 Å². The van der Waals surface area contributed by atoms with Gasteiger partial charge in [-0.1, -0.05) is 13.8 Å². The van der Waals surface area contributed by atoms with Crippen molar-refractivity contribution in [3.05, 3.63) is 18.2 Å². The molecule has 0 aliphatic heterocycles. The van der Waals surface area contributed by atoms with Crippen LogP contribution in [0.25, 0.3) is 0 Å². The highest BCUT2D eigenvalue weighted by atomic mass is 19.4. The first-order chi connectivity index (χ1) is 9.62. The normalized spacial score (nSPS) is 14.7. The van der Waals surface area contributed by atoms with E-state index < -0.39 is 24.3 Å². The summed E-state index contributed by atoms with van der Waals surface area (Å²) in [6.45, 7) is 3.49. The van der Waals surface area contributed by atoms with Crippen molar-refractivity contribution in [1.29, 1.82) is 0 Å². The number of imidazole rings is 1. The van der Waals surface area contributed by atoms with Crippen LogP contribution in [0.4, 0.5) is 26.3 Å². The summed E-state index contributed by atoms with van der Waals surface area (Å²) < 4.78 is 78.7. The van der Waals surface area contributed by atoms with E-state index >= 15 is 0 Å². The van der Waals surface area contributed by atoms with E-state index in [1.165, 1.54) is 23.9 Å². The molecule has 0 aromatic carbocycles. The molecule has 1 aromatic rings. The number of aryl methyl sites for hydroxylation is 1. The molecule has 0 saturated heterocycles. The molecule has 0 saturated carbocycles. The molecule has 0 aliphatic rings. The van der Waals surface area contributed by atoms with E-state index in [0.717, 1.165) is 0 Å². The summed E-state index contributed by atoms with van der Waals surface area (Å²) >= 11 is 0. The van der Waals surface area contributed by atoms with E-state index in [0.29, 0.717) is 13.0 Å². The predicted octanol–water partition coefficient (Wildman–Crippen LogP) is 3.68. The van der Waals surface area contributed by atoms with E-state index in [-0.39, 0.29) is 12.4 Å². The summed E-state index contributed by atoms with van der Waals surface area (Å²) in [7, 11) is 0. The molecule has 0 spiro atoms. The van der Waals surface area contributed by atoms with E-state index in [1.807, 2.05) is 0 Å². The Morgan fingerprint density at radius 1 is 1.14 bits per heavy atom. The Balaban J connectivity index is 3.28. The van der Waals surface area contributed by atoms with Crippen molar-refractivity contribution in [2.75, 3.05) is 6.54 Å². The Morgan fingerprint density at radius 2 is 1.71 bits per heavy atom. The van der Waals surface area contributed by atoms with Crippen LogP contribution < -0.4 is 5.32 Å². The SMILES string of the molecule is CCCn1ccnc1C(NCC)C(C(F)(F)F)C(F)(F)F. The van der Waals surface area contributed by atoms with Crippen LogP contribution in [-0.2, 0) is 6.54 Å². The predicted molar refractivity (Wildman–Crippen MR) is 64.5 cm³/mol. The molecular formula is C12H17F6N3. The molecule has 21 heavy (non-hydrogen) atoms. The Kier molecular flexibility index (Phi) is 5.66. The van der Waals surface area contributed by atoms with Gasteiger partial charge in [0.2, 0.25) is 0 Å². The van der Waals surface area contributed by atoms with Crippen molar-refractivity contribution in [3.8, 4) is 0 Å². The van der Waals surface area contributed by atoms with Gasteiger partial charge in [-0.15, -0.1) is 0 Å². The number of aromatic nitrogens is 2. The number of nitrogens with zero attached hydrogens (tertiary/aromatic N) is 2. The van der Waals surface area contributed by atoms with Crippen LogP contribution in [0, 0.1) is 5.92 Å². The third-order valence-corrected chi connectivity index (χ3v) is 2.95. The molecule has 0 amide bonds. The lowest BCUT2D eigenvalue weighted by molar-refractivity contribution is -0.293. The van der Waals surface area contributed by atoms with Gasteiger partial charge in [0.15, 0.2) is 5.92 Å². The second kappa shape index (κ2) is 6.67. The molecule has 1 aromatic heterocycles. The van der Waals surface area contributed by atoms with Gasteiger partial charge >= 0.3 is 12.4 Å². The maximum atomic E-state index is 12.9. The van der Waals surface area contributed by atoms with E-state index in [4.69, 9.17) is 0 Å². The molecule has 0 aliphatic carbocycles. The highest BCUT2D eigenvalue weighted by Gasteiger charge is 2.61. The number of alkyl halides is 6. The zero-order chi connectivity index (χ0) is 16.3. The van der Waals surface area contributed by atoms with Crippen molar-refractivity contribution in [2.45, 2.75) is 45.2 Å². The molecule has 122 valence electrons. The molecule has 1 heterocycles. The number of hydrogen-bond acceptors (Lipinski definition) is 2. The number of nitrogens with one attached hydrogen (secondary N) is 1. The third kappa shape index (κ3) is 4.36. The lowest BCUT2D eigenvalue weighted by atomic mass is 9.97. The minimum atomic E-state index is -5.41. The topological polar surface area (TPSA) is 29.9 Å². The highest BCUT2D eigenvalue weighted by molar-refractivity contribution is 5.05. The van der Waals surface area contributed by atoms with Gasteiger partial charge in [0.05, 0.1) is 6.04 Å². The minimum Gasteiger partial charge on any atom is -0.334 e. The Morgan fingerprint density at radius 3 is 2.14 bits per heavy atom. The largest absolute Gasteiger partial charge is 0.402 e. The Hall–Kier alpha value is -1.25. The third-order valence-electron chi connectivity index (χ3n) is 2.95. The van der Waals surface area contributed by atoms with E-state index in [9.17, 15) is 26.3 Å². The summed E-state index contributed by atoms with van der Waals surface area (Å²) in [5.74, 6) is -3.75. The smallest absolute Gasteiger partial charge is 0.334 e. The minimum absolute atomic E-state index is 0.0354. The zero-order valence-electron chi connectivity index (χ0n) is 11.6. The molecule has 0 radical (unpaired) electrons. The monoisotopic (exact) mass is 317 g/mol. The van der Waals surface area contributed by atoms with Crippen LogP contribution in [0.3, 0.4) is 0 Å². The fourth-order valence-corrected chi connectivity index (χ4v) is 2.17. The molecule has 1 atom stereocenters. The van der Waals surface area contributed by atoms with Gasteiger partial charge in [-0.3, -0.25) is 0 Å². The number of hydrogen-bond donors (Lipinski definition) is 1. The first kappa shape index (κ1) is 17.8. The second-order valence-electron chi connectivity index (χ2n) is 4.58. The first-order valence-electron chi connectivity index (χ1n) is 6.50. The molecule has 1 rings (SSSR count). The van der Waals surface area contributed by atoms with Gasteiger partial charge in [0, 0.05) is 18.9 Å². The highest BCUT2D eigenvalue weighted by Crippen LogP contribution is 2.46. The lowest BCUT2D eigenvalue weighted by Crippen LogP contribution is -2.46. The lowest BCUT2D eigenvalue weighted by Gasteiger charge is -2.31. The average Bonchev–Trinajstić information content (AvgIpc) is 2.73. The summed E-state index contributed by atoms with van der Waals surface area (Å²) in [6.07, 6.45) is -7.65. The zero-order valence-corrected chi connectivity index (χ0v) is 11.6. The first-order valence-corrected chi connectivity index (χ1v) is 6.50. The molecular weight excluding hydrogens is 300 g/mol. The average molecular weight is 317 g/mol. The number of halogens is 6. The van der Waals surface area contributed by atoms with Crippen molar-refractivity contribution in [2.24, 2.45) is 5.92 Å². The van der Waals surface area contributed by atoms with Crippen LogP contribution in [0.15, 0.2) is 12.4 Å². The van der Waals surface area contributed by atoms with Crippen molar-refractivity contribution in [3.63, 3.8) is 0 Å². The maximum absolute atomic E-state index is 12.9. The molecule has 3 nitrogen and oxygen atoms in total. The molecule has 0 fully saturated rings. The quantitative estimate of drug-likeness (QED) is 0.811. The van der Waals surface area contributed by atoms with Crippen molar-refractivity contribution in [1.82, 2.24) is 14.9 Å². The van der Waals surface area contributed by atoms with Crippen LogP contribution in [0.1, 0.15) is 32.1 Å². The standard InChI is InChI=1S/C12H17F6N3/c1-3-6-21-7-5-20-10(21)8(19-4-2)9(11(13,14)15)12(16,17)18/h5,7-9,19H,3-4,6H2,1-2H3. The van der Waals surface area contributed by atoms with Gasteiger partial charge in [-0.05, 0) is 13.0 Å². The van der Waals surface area contributed by atoms with Crippen LogP contribution in [-0.4, -0.2) is 28.4 Å². The summed E-state index contributed by atoms with van der Waals surface area (Å²) in [5, 5.41) is 2.27. The molecule has 0 bridgehead atoms.